The highest BCUT2D eigenvalue weighted by molar-refractivity contribution is 6.31. The van der Waals surface area contributed by atoms with Crippen LogP contribution in [0.25, 0.3) is 11.5 Å². The predicted molar refractivity (Wildman–Crippen MR) is 231 cm³/mol. The number of carbonyl (C=O) groups excluding carboxylic acids is 4. The van der Waals surface area contributed by atoms with Crippen molar-refractivity contribution in [2.45, 2.75) is 64.5 Å². The Hall–Kier alpha value is -6.28. The fourth-order valence-electron chi connectivity index (χ4n) is 7.14. The van der Waals surface area contributed by atoms with Gasteiger partial charge in [-0.25, -0.2) is 27.2 Å². The van der Waals surface area contributed by atoms with Crippen molar-refractivity contribution in [2.75, 3.05) is 42.5 Å². The molecule has 0 spiro atoms. The molecule has 5 amide bonds. The van der Waals surface area contributed by atoms with Crippen LogP contribution in [-0.4, -0.2) is 82.9 Å². The Morgan fingerprint density at radius 2 is 1.12 bits per heavy atom. The maximum Gasteiger partial charge on any atom is 0.324 e. The molecule has 356 valence electrons. The monoisotopic (exact) mass is 981 g/mol. The second kappa shape index (κ2) is 23.0. The van der Waals surface area contributed by atoms with E-state index < -0.39 is 66.3 Å². The summed E-state index contributed by atoms with van der Waals surface area (Å²) in [5, 5.41) is 8.15. The maximum atomic E-state index is 15.0. The number of ketones is 1. The highest BCUT2D eigenvalue weighted by atomic mass is 35.5. The first kappa shape index (κ1) is 50.1. The topological polar surface area (TPSA) is 132 Å². The molecule has 7 rings (SSSR count). The van der Waals surface area contributed by atoms with Gasteiger partial charge in [0.1, 0.15) is 23.3 Å². The number of anilines is 2. The first-order valence-electron chi connectivity index (χ1n) is 20.8. The van der Waals surface area contributed by atoms with E-state index in [-0.39, 0.29) is 63.0 Å². The third kappa shape index (κ3) is 13.0. The van der Waals surface area contributed by atoms with Gasteiger partial charge in [-0.05, 0) is 93.1 Å². The van der Waals surface area contributed by atoms with E-state index in [0.29, 0.717) is 31.9 Å². The van der Waals surface area contributed by atoms with Gasteiger partial charge in [-0.3, -0.25) is 19.4 Å². The lowest BCUT2D eigenvalue weighted by molar-refractivity contribution is -0.131. The van der Waals surface area contributed by atoms with Gasteiger partial charge in [0.2, 0.25) is 5.89 Å². The highest BCUT2D eigenvalue weighted by Crippen LogP contribution is 2.30. The average Bonchev–Trinajstić information content (AvgIpc) is 3.83. The number of hydrogen-bond acceptors (Lipinski definition) is 7. The number of likely N-dealkylation sites (tertiary alicyclic amines) is 2. The lowest BCUT2D eigenvalue weighted by Crippen LogP contribution is -2.45. The van der Waals surface area contributed by atoms with Gasteiger partial charge in [0.25, 0.3) is 11.8 Å². The Balaban J connectivity index is 0.000000221. The van der Waals surface area contributed by atoms with Crippen LogP contribution in [0.4, 0.5) is 56.1 Å². The third-order valence-corrected chi connectivity index (χ3v) is 11.3. The smallest absolute Gasteiger partial charge is 0.324 e. The van der Waals surface area contributed by atoms with Crippen molar-refractivity contribution in [3.05, 3.63) is 129 Å². The number of halogens is 10. The van der Waals surface area contributed by atoms with Crippen LogP contribution in [0.2, 0.25) is 10.0 Å². The van der Waals surface area contributed by atoms with Crippen molar-refractivity contribution in [3.8, 4) is 11.5 Å². The largest absolute Gasteiger partial charge is 0.415 e. The van der Waals surface area contributed by atoms with E-state index in [0.717, 1.165) is 62.8 Å². The molecule has 2 saturated heterocycles. The number of benzene rings is 4. The molecule has 67 heavy (non-hydrogen) atoms. The van der Waals surface area contributed by atoms with Crippen molar-refractivity contribution in [1.82, 2.24) is 25.3 Å². The van der Waals surface area contributed by atoms with Gasteiger partial charge in [-0.2, -0.15) is 17.6 Å². The number of nitrogens with one attached hydrogen (secondary N) is 1. The van der Waals surface area contributed by atoms with Gasteiger partial charge >= 0.3 is 24.9 Å². The second-order valence-corrected chi connectivity index (χ2v) is 16.1. The van der Waals surface area contributed by atoms with Crippen LogP contribution in [0.3, 0.4) is 0 Å². The molecule has 0 radical (unpaired) electrons. The number of piperidine rings is 2. The fourth-order valence-corrected chi connectivity index (χ4v) is 7.49. The summed E-state index contributed by atoms with van der Waals surface area (Å²) >= 11 is 11.8. The van der Waals surface area contributed by atoms with Crippen LogP contribution in [0.1, 0.15) is 72.3 Å². The Bertz CT molecular complexity index is 2580. The number of carbonyl (C=O) groups is 4. The van der Waals surface area contributed by atoms with Crippen molar-refractivity contribution >= 4 is 58.3 Å². The van der Waals surface area contributed by atoms with Gasteiger partial charge < -0.3 is 19.5 Å². The molecule has 0 unspecified atom stereocenters. The lowest BCUT2D eigenvalue weighted by Gasteiger charge is -2.33. The molecule has 4 aromatic carbocycles. The molecule has 2 fully saturated rings. The minimum absolute atomic E-state index is 0.0685. The van der Waals surface area contributed by atoms with E-state index in [1.807, 2.05) is 0 Å². The molecule has 5 aromatic rings. The molecule has 1 aromatic heterocycles. The molecular formula is C45H41Cl2F8N7O5. The number of rotatable bonds is 12. The zero-order valence-corrected chi connectivity index (χ0v) is 36.8. The van der Waals surface area contributed by atoms with Crippen LogP contribution < -0.4 is 15.1 Å². The van der Waals surface area contributed by atoms with Gasteiger partial charge in [0.15, 0.2) is 5.78 Å². The molecule has 22 heteroatoms. The summed E-state index contributed by atoms with van der Waals surface area (Å²) in [5.41, 5.74) is 0.802. The molecule has 0 aliphatic carbocycles. The fraction of sp³-hybridized carbons (Fsp3) is 0.333. The van der Waals surface area contributed by atoms with E-state index >= 15 is 0 Å². The first-order chi connectivity index (χ1) is 32.0. The summed E-state index contributed by atoms with van der Waals surface area (Å²) in [7, 11) is 0. The third-order valence-electron chi connectivity index (χ3n) is 10.7. The number of amides is 5. The molecular weight excluding hydrogens is 941 g/mol. The van der Waals surface area contributed by atoms with Crippen molar-refractivity contribution < 1.29 is 58.7 Å². The Kier molecular flexibility index (Phi) is 17.2. The normalized spacial score (nSPS) is 13.9. The quantitative estimate of drug-likeness (QED) is 0.0972. The van der Waals surface area contributed by atoms with E-state index in [4.69, 9.17) is 27.6 Å². The van der Waals surface area contributed by atoms with Crippen molar-refractivity contribution in [2.24, 2.45) is 0 Å². The van der Waals surface area contributed by atoms with Gasteiger partial charge in [-0.15, -0.1) is 10.2 Å². The first-order valence-corrected chi connectivity index (χ1v) is 21.6. The number of aromatic nitrogens is 2. The van der Waals surface area contributed by atoms with Crippen LogP contribution >= 0.6 is 23.2 Å². The summed E-state index contributed by atoms with van der Waals surface area (Å²) in [6, 6.07) is 14.3. The molecule has 0 bridgehead atoms. The summed E-state index contributed by atoms with van der Waals surface area (Å²) in [5.74, 6) is -6.28. The molecule has 0 atom stereocenters. The number of alkyl halides is 4. The molecule has 12 nitrogen and oxygen atoms in total. The van der Waals surface area contributed by atoms with Crippen molar-refractivity contribution in [1.29, 1.82) is 0 Å². The van der Waals surface area contributed by atoms with Gasteiger partial charge in [0, 0.05) is 59.8 Å². The van der Waals surface area contributed by atoms with Crippen molar-refractivity contribution in [3.63, 3.8) is 0 Å². The zero-order valence-electron chi connectivity index (χ0n) is 35.3. The number of nitrogens with zero attached hydrogens (tertiary/aromatic N) is 6. The standard InChI is InChI=1S/C23H22ClF4N3O3.C22H19ClF4N4O2/c24-17-11-16(6-7-18(17)25)31(23(34)30-8-2-1-3-9-30)13-15-5-4-14(10-19(15)26)20(32)12-29-22(33)21(27)28;23-16-11-15(6-7-17(16)24)31(22(32)30-8-2-1-3-9-30)12-14-5-4-13(10-18(14)25)20-28-29-21(33-20)19(26)27/h4-7,10-11,21H,1-3,8-9,12-13H2,(H,29,33);4-7,10-11,19H,1-3,8-9,12H2. The highest BCUT2D eigenvalue weighted by Gasteiger charge is 2.28. The minimum atomic E-state index is -3.27. The van der Waals surface area contributed by atoms with E-state index in [1.54, 1.807) is 15.1 Å². The molecule has 3 heterocycles. The number of Topliss-reactive ketones (excluding diaryl/α,β-unsaturated/α-hetero) is 1. The van der Waals surface area contributed by atoms with Crippen LogP contribution in [0.15, 0.2) is 77.2 Å². The van der Waals surface area contributed by atoms with E-state index in [1.165, 1.54) is 58.3 Å². The predicted octanol–water partition coefficient (Wildman–Crippen LogP) is 11.0. The maximum absolute atomic E-state index is 15.0. The summed E-state index contributed by atoms with van der Waals surface area (Å²) < 4.78 is 112. The molecule has 1 N–H and O–H groups in total. The van der Waals surface area contributed by atoms with Gasteiger partial charge in [0.05, 0.1) is 29.7 Å². The summed E-state index contributed by atoms with van der Waals surface area (Å²) in [4.78, 5) is 55.4. The summed E-state index contributed by atoms with van der Waals surface area (Å²) in [6.07, 6.45) is -0.815. The SMILES string of the molecule is O=C(CNC(=O)C(F)F)c1ccc(CN(C(=O)N2CCCCC2)c2ccc(F)c(Cl)c2)c(F)c1.O=C(N1CCCCC1)N(Cc1ccc(-c2nnc(C(F)F)o2)cc1F)c1ccc(F)c(Cl)c1. The van der Waals surface area contributed by atoms with Crippen LogP contribution in [0, 0.1) is 23.3 Å². The zero-order chi connectivity index (χ0) is 48.4. The van der Waals surface area contributed by atoms with Crippen LogP contribution in [-0.2, 0) is 17.9 Å². The Morgan fingerprint density at radius 3 is 1.55 bits per heavy atom. The Labute approximate surface area is 388 Å². The van der Waals surface area contributed by atoms with E-state index in [2.05, 4.69) is 10.2 Å². The van der Waals surface area contributed by atoms with E-state index in [9.17, 15) is 54.3 Å². The number of urea groups is 2. The second-order valence-electron chi connectivity index (χ2n) is 15.3. The lowest BCUT2D eigenvalue weighted by atomic mass is 10.1. The minimum Gasteiger partial charge on any atom is -0.415 e. The molecule has 0 saturated carbocycles. The summed E-state index contributed by atoms with van der Waals surface area (Å²) in [6.45, 7) is 1.10. The van der Waals surface area contributed by atoms with Gasteiger partial charge in [-0.1, -0.05) is 41.4 Å². The Morgan fingerprint density at radius 1 is 0.627 bits per heavy atom. The average molecular weight is 983 g/mol. The molecule has 2 aliphatic heterocycles. The van der Waals surface area contributed by atoms with Crippen LogP contribution in [0.5, 0.6) is 0 Å². The molecule has 2 aliphatic rings. The number of hydrogen-bond donors (Lipinski definition) is 1.